The van der Waals surface area contributed by atoms with Crippen molar-refractivity contribution in [2.24, 2.45) is 29.6 Å². The molecule has 5 unspecified atom stereocenters. The second-order valence-corrected chi connectivity index (χ2v) is 11.0. The molecule has 0 aliphatic heterocycles. The van der Waals surface area contributed by atoms with Gasteiger partial charge in [-0.1, -0.05) is 63.0 Å². The van der Waals surface area contributed by atoms with Crippen LogP contribution < -0.4 is 0 Å². The molecule has 166 valence electrons. The number of aryl methyl sites for hydroxylation is 2. The summed E-state index contributed by atoms with van der Waals surface area (Å²) in [5.74, 6) is 4.94. The van der Waals surface area contributed by atoms with Crippen molar-refractivity contribution in [1.29, 1.82) is 0 Å². The van der Waals surface area contributed by atoms with Crippen molar-refractivity contribution in [1.82, 2.24) is 0 Å². The van der Waals surface area contributed by atoms with Crippen molar-refractivity contribution < 1.29 is 0 Å². The molecular formula is C30H46. The Morgan fingerprint density at radius 1 is 0.800 bits per heavy atom. The zero-order valence-electron chi connectivity index (χ0n) is 19.9. The van der Waals surface area contributed by atoms with E-state index in [1.165, 1.54) is 89.9 Å². The standard InChI is InChI=1S/C30H46/c1-3-5-6-7-8-10-24-12-14-28-22-30(18-16-26(28)20-24)29-17-15-25-19-23(9-4-2)11-13-27(25)21-29/h4,9,12,14,20,23,25,27,29-30H,3,5-8,10-11,13,15-19,21-22H2,1-2H3/b9-4+. The van der Waals surface area contributed by atoms with Crippen LogP contribution in [0.1, 0.15) is 108 Å². The van der Waals surface area contributed by atoms with Crippen LogP contribution in [0.4, 0.5) is 0 Å². The van der Waals surface area contributed by atoms with Gasteiger partial charge in [0.15, 0.2) is 0 Å². The molecule has 2 saturated carbocycles. The second-order valence-electron chi connectivity index (χ2n) is 11.0. The Morgan fingerprint density at radius 2 is 1.57 bits per heavy atom. The highest BCUT2D eigenvalue weighted by molar-refractivity contribution is 5.34. The van der Waals surface area contributed by atoms with Gasteiger partial charge in [0.25, 0.3) is 0 Å². The maximum Gasteiger partial charge on any atom is -0.0231 e. The van der Waals surface area contributed by atoms with Gasteiger partial charge < -0.3 is 0 Å². The number of allylic oxidation sites excluding steroid dienone is 2. The molecular weight excluding hydrogens is 360 g/mol. The lowest BCUT2D eigenvalue weighted by Crippen LogP contribution is -2.34. The number of hydrogen-bond donors (Lipinski definition) is 0. The number of benzene rings is 1. The van der Waals surface area contributed by atoms with E-state index in [4.69, 9.17) is 0 Å². The van der Waals surface area contributed by atoms with E-state index in [1.807, 2.05) is 0 Å². The Balaban J connectivity index is 1.27. The number of fused-ring (bicyclic) bond motifs is 2. The summed E-state index contributed by atoms with van der Waals surface area (Å²) in [6.07, 6.45) is 26.2. The predicted molar refractivity (Wildman–Crippen MR) is 131 cm³/mol. The lowest BCUT2D eigenvalue weighted by Gasteiger charge is -2.44. The molecule has 3 aliphatic rings. The summed E-state index contributed by atoms with van der Waals surface area (Å²) in [7, 11) is 0. The molecule has 30 heavy (non-hydrogen) atoms. The smallest absolute Gasteiger partial charge is 0.0231 e. The van der Waals surface area contributed by atoms with Crippen LogP contribution in [0.15, 0.2) is 30.4 Å². The van der Waals surface area contributed by atoms with Gasteiger partial charge in [-0.2, -0.15) is 0 Å². The van der Waals surface area contributed by atoms with Crippen molar-refractivity contribution in [2.75, 3.05) is 0 Å². The molecule has 4 rings (SSSR count). The van der Waals surface area contributed by atoms with E-state index < -0.39 is 0 Å². The van der Waals surface area contributed by atoms with E-state index in [-0.39, 0.29) is 0 Å². The Hall–Kier alpha value is -1.04. The molecule has 0 spiro atoms. The Kier molecular flexibility index (Phi) is 8.14. The molecule has 0 saturated heterocycles. The van der Waals surface area contributed by atoms with Crippen LogP contribution in [0, 0.1) is 29.6 Å². The third-order valence-corrected chi connectivity index (χ3v) is 8.93. The van der Waals surface area contributed by atoms with E-state index in [0.29, 0.717) is 0 Å². The molecule has 3 aliphatic carbocycles. The normalized spacial score (nSPS) is 31.5. The topological polar surface area (TPSA) is 0 Å². The number of hydrogen-bond acceptors (Lipinski definition) is 0. The van der Waals surface area contributed by atoms with Gasteiger partial charge in [0.1, 0.15) is 0 Å². The third-order valence-electron chi connectivity index (χ3n) is 8.93. The molecule has 0 heteroatoms. The third kappa shape index (κ3) is 5.60. The summed E-state index contributed by atoms with van der Waals surface area (Å²) < 4.78 is 0. The molecule has 0 amide bonds. The highest BCUT2D eigenvalue weighted by Gasteiger charge is 2.38. The molecule has 0 N–H and O–H groups in total. The molecule has 2 fully saturated rings. The fourth-order valence-electron chi connectivity index (χ4n) is 7.16. The molecule has 0 heterocycles. The fraction of sp³-hybridized carbons (Fsp3) is 0.733. The monoisotopic (exact) mass is 406 g/mol. The van der Waals surface area contributed by atoms with Crippen molar-refractivity contribution in [3.63, 3.8) is 0 Å². The number of rotatable bonds is 8. The molecule has 0 nitrogen and oxygen atoms in total. The molecule has 0 bridgehead atoms. The van der Waals surface area contributed by atoms with Gasteiger partial charge in [-0.3, -0.25) is 0 Å². The first-order chi connectivity index (χ1) is 14.8. The van der Waals surface area contributed by atoms with Crippen LogP contribution in [0.5, 0.6) is 0 Å². The minimum atomic E-state index is 0.884. The Labute approximate surface area is 186 Å². The van der Waals surface area contributed by atoms with Gasteiger partial charge in [-0.15, -0.1) is 0 Å². The molecule has 1 aromatic rings. The largest absolute Gasteiger partial charge is 0.0914 e. The van der Waals surface area contributed by atoms with Gasteiger partial charge in [-0.25, -0.2) is 0 Å². The highest BCUT2D eigenvalue weighted by Crippen LogP contribution is 2.48. The van der Waals surface area contributed by atoms with E-state index in [0.717, 1.165) is 29.6 Å². The summed E-state index contributed by atoms with van der Waals surface area (Å²) in [6.45, 7) is 4.50. The van der Waals surface area contributed by atoms with Crippen molar-refractivity contribution in [2.45, 2.75) is 110 Å². The van der Waals surface area contributed by atoms with Gasteiger partial charge in [0.2, 0.25) is 0 Å². The molecule has 0 aromatic heterocycles. The average molecular weight is 407 g/mol. The van der Waals surface area contributed by atoms with E-state index in [9.17, 15) is 0 Å². The summed E-state index contributed by atoms with van der Waals surface area (Å²) in [4.78, 5) is 0. The van der Waals surface area contributed by atoms with Gasteiger partial charge >= 0.3 is 0 Å². The fourth-order valence-corrected chi connectivity index (χ4v) is 7.16. The minimum Gasteiger partial charge on any atom is -0.0914 e. The maximum atomic E-state index is 2.57. The molecule has 1 aromatic carbocycles. The minimum absolute atomic E-state index is 0.884. The first-order valence-corrected chi connectivity index (χ1v) is 13.5. The second kappa shape index (κ2) is 11.0. The zero-order valence-corrected chi connectivity index (χ0v) is 19.9. The van der Waals surface area contributed by atoms with Crippen LogP contribution in [0.2, 0.25) is 0 Å². The van der Waals surface area contributed by atoms with Gasteiger partial charge in [0.05, 0.1) is 0 Å². The van der Waals surface area contributed by atoms with Crippen LogP contribution in [-0.2, 0) is 19.3 Å². The van der Waals surface area contributed by atoms with E-state index >= 15 is 0 Å². The van der Waals surface area contributed by atoms with Crippen LogP contribution >= 0.6 is 0 Å². The van der Waals surface area contributed by atoms with Crippen LogP contribution in [-0.4, -0.2) is 0 Å². The lowest BCUT2D eigenvalue weighted by atomic mass is 9.61. The van der Waals surface area contributed by atoms with Crippen molar-refractivity contribution in [3.8, 4) is 0 Å². The Morgan fingerprint density at radius 3 is 2.40 bits per heavy atom. The zero-order chi connectivity index (χ0) is 20.8. The van der Waals surface area contributed by atoms with Crippen molar-refractivity contribution >= 4 is 0 Å². The summed E-state index contributed by atoms with van der Waals surface area (Å²) in [6, 6.07) is 7.54. The summed E-state index contributed by atoms with van der Waals surface area (Å²) >= 11 is 0. The summed E-state index contributed by atoms with van der Waals surface area (Å²) in [5, 5.41) is 0. The van der Waals surface area contributed by atoms with Crippen molar-refractivity contribution in [3.05, 3.63) is 47.0 Å². The van der Waals surface area contributed by atoms with Gasteiger partial charge in [0, 0.05) is 0 Å². The summed E-state index contributed by atoms with van der Waals surface area (Å²) in [5.41, 5.74) is 4.99. The van der Waals surface area contributed by atoms with Crippen LogP contribution in [0.3, 0.4) is 0 Å². The Bertz CT molecular complexity index is 683. The average Bonchev–Trinajstić information content (AvgIpc) is 2.78. The SMILES string of the molecule is C/C=C/C1CCC2CC(C3CCc4cc(CCCCCCC)ccc4C3)CCC2C1. The van der Waals surface area contributed by atoms with Gasteiger partial charge in [-0.05, 0) is 124 Å². The first kappa shape index (κ1) is 22.2. The van der Waals surface area contributed by atoms with Crippen LogP contribution in [0.25, 0.3) is 0 Å². The lowest BCUT2D eigenvalue weighted by molar-refractivity contribution is 0.0810. The van der Waals surface area contributed by atoms with E-state index in [2.05, 4.69) is 44.2 Å². The van der Waals surface area contributed by atoms with E-state index in [1.54, 1.807) is 23.1 Å². The molecule has 0 radical (unpaired) electrons. The predicted octanol–water partition coefficient (Wildman–Crippen LogP) is 8.71. The highest BCUT2D eigenvalue weighted by atomic mass is 14.4. The first-order valence-electron chi connectivity index (χ1n) is 13.5. The molecule has 5 atom stereocenters. The quantitative estimate of drug-likeness (QED) is 0.299. The maximum absolute atomic E-state index is 2.57. The number of unbranched alkanes of at least 4 members (excludes halogenated alkanes) is 4.